The first-order valence-electron chi connectivity index (χ1n) is 5.57. The van der Waals surface area contributed by atoms with Crippen molar-refractivity contribution >= 4 is 11.4 Å². The highest BCUT2D eigenvalue weighted by atomic mass is 15.3. The van der Waals surface area contributed by atoms with E-state index in [0.717, 1.165) is 11.5 Å². The molecule has 1 aromatic heterocycles. The predicted molar refractivity (Wildman–Crippen MR) is 68.8 cm³/mol. The number of para-hydroxylation sites is 1. The van der Waals surface area contributed by atoms with Crippen LogP contribution in [0.4, 0.5) is 11.4 Å². The molecule has 0 saturated carbocycles. The first-order chi connectivity index (χ1) is 8.70. The molecule has 0 radical (unpaired) electrons. The maximum atomic E-state index is 8.87. The van der Waals surface area contributed by atoms with Crippen LogP contribution in [0.5, 0.6) is 0 Å². The number of nitrogens with zero attached hydrogens (tertiary/aromatic N) is 4. The van der Waals surface area contributed by atoms with Crippen molar-refractivity contribution in [1.29, 1.82) is 5.26 Å². The van der Waals surface area contributed by atoms with Crippen molar-refractivity contribution in [2.24, 2.45) is 7.05 Å². The Kier molecular flexibility index (Phi) is 3.44. The van der Waals surface area contributed by atoms with Gasteiger partial charge in [-0.1, -0.05) is 6.07 Å². The summed E-state index contributed by atoms with van der Waals surface area (Å²) in [6.45, 7) is 0.670. The van der Waals surface area contributed by atoms with Gasteiger partial charge in [-0.3, -0.25) is 4.68 Å². The van der Waals surface area contributed by atoms with Gasteiger partial charge in [0.2, 0.25) is 0 Å². The number of nitrogens with one attached hydrogen (secondary N) is 1. The van der Waals surface area contributed by atoms with Crippen molar-refractivity contribution in [2.45, 2.75) is 6.42 Å². The van der Waals surface area contributed by atoms with Crippen LogP contribution in [-0.2, 0) is 13.5 Å². The summed E-state index contributed by atoms with van der Waals surface area (Å²) >= 11 is 0. The van der Waals surface area contributed by atoms with E-state index in [1.54, 1.807) is 23.1 Å². The van der Waals surface area contributed by atoms with Crippen molar-refractivity contribution in [3.8, 4) is 6.07 Å². The van der Waals surface area contributed by atoms with E-state index in [9.17, 15) is 0 Å². The highest BCUT2D eigenvalue weighted by Gasteiger charge is 2.04. The second-order valence-electron chi connectivity index (χ2n) is 3.89. The van der Waals surface area contributed by atoms with Crippen molar-refractivity contribution in [3.63, 3.8) is 0 Å². The van der Waals surface area contributed by atoms with Crippen LogP contribution in [0.25, 0.3) is 0 Å². The lowest BCUT2D eigenvalue weighted by Gasteiger charge is -2.08. The first-order valence-corrected chi connectivity index (χ1v) is 5.57. The number of nitrogen functional groups attached to an aromatic ring is 1. The van der Waals surface area contributed by atoms with Gasteiger partial charge in [-0.05, 0) is 12.1 Å². The molecule has 18 heavy (non-hydrogen) atoms. The average Bonchev–Trinajstić information content (AvgIpc) is 2.77. The number of anilines is 2. The smallest absolute Gasteiger partial charge is 0.152 e. The third kappa shape index (κ3) is 2.58. The van der Waals surface area contributed by atoms with Crippen LogP contribution in [0.3, 0.4) is 0 Å². The SMILES string of the molecule is Cn1cnc(CCNc2cccc(C#N)c2N)n1. The molecule has 0 unspecified atom stereocenters. The van der Waals surface area contributed by atoms with Crippen molar-refractivity contribution in [2.75, 3.05) is 17.6 Å². The molecule has 2 rings (SSSR count). The van der Waals surface area contributed by atoms with E-state index >= 15 is 0 Å². The molecule has 92 valence electrons. The highest BCUT2D eigenvalue weighted by Crippen LogP contribution is 2.21. The molecule has 6 heteroatoms. The topological polar surface area (TPSA) is 92.5 Å². The zero-order chi connectivity index (χ0) is 13.0. The van der Waals surface area contributed by atoms with E-state index in [-0.39, 0.29) is 0 Å². The number of benzene rings is 1. The number of aromatic nitrogens is 3. The Bertz CT molecular complexity index is 580. The lowest BCUT2D eigenvalue weighted by atomic mass is 10.1. The summed E-state index contributed by atoms with van der Waals surface area (Å²) in [5, 5.41) is 16.2. The molecule has 0 amide bonds. The van der Waals surface area contributed by atoms with Gasteiger partial charge in [0.05, 0.1) is 16.9 Å². The van der Waals surface area contributed by atoms with Gasteiger partial charge in [-0.2, -0.15) is 10.4 Å². The zero-order valence-electron chi connectivity index (χ0n) is 10.1. The molecule has 1 aromatic carbocycles. The maximum absolute atomic E-state index is 8.87. The van der Waals surface area contributed by atoms with Crippen LogP contribution >= 0.6 is 0 Å². The van der Waals surface area contributed by atoms with E-state index in [2.05, 4.69) is 21.5 Å². The van der Waals surface area contributed by atoms with Crippen LogP contribution in [0.15, 0.2) is 24.5 Å². The van der Waals surface area contributed by atoms with Crippen LogP contribution in [0.2, 0.25) is 0 Å². The molecule has 0 aliphatic heterocycles. The van der Waals surface area contributed by atoms with Gasteiger partial charge in [-0.25, -0.2) is 4.98 Å². The fraction of sp³-hybridized carbons (Fsp3) is 0.250. The number of aryl methyl sites for hydroxylation is 1. The lowest BCUT2D eigenvalue weighted by molar-refractivity contribution is 0.742. The van der Waals surface area contributed by atoms with Crippen molar-refractivity contribution in [1.82, 2.24) is 14.8 Å². The molecule has 6 nitrogen and oxygen atoms in total. The molecule has 0 bridgehead atoms. The number of hydrogen-bond donors (Lipinski definition) is 2. The molecule has 1 heterocycles. The summed E-state index contributed by atoms with van der Waals surface area (Å²) in [5.41, 5.74) is 7.59. The molecule has 0 saturated heterocycles. The third-order valence-electron chi connectivity index (χ3n) is 2.54. The minimum absolute atomic E-state index is 0.481. The average molecular weight is 242 g/mol. The highest BCUT2D eigenvalue weighted by molar-refractivity contribution is 5.72. The minimum atomic E-state index is 0.481. The second-order valence-corrected chi connectivity index (χ2v) is 3.89. The van der Waals surface area contributed by atoms with Crippen molar-refractivity contribution in [3.05, 3.63) is 35.9 Å². The van der Waals surface area contributed by atoms with Gasteiger partial charge in [0, 0.05) is 20.0 Å². The Morgan fingerprint density at radius 2 is 2.33 bits per heavy atom. The Morgan fingerprint density at radius 3 is 3.00 bits per heavy atom. The molecule has 0 aliphatic rings. The molecule has 2 aromatic rings. The molecule has 3 N–H and O–H groups in total. The van der Waals surface area contributed by atoms with Gasteiger partial charge in [-0.15, -0.1) is 0 Å². The summed E-state index contributed by atoms with van der Waals surface area (Å²) < 4.78 is 1.67. The lowest BCUT2D eigenvalue weighted by Crippen LogP contribution is -2.08. The largest absolute Gasteiger partial charge is 0.396 e. The zero-order valence-corrected chi connectivity index (χ0v) is 10.1. The number of nitriles is 1. The standard InChI is InChI=1S/C12H14N6/c1-18-8-16-11(17-18)5-6-15-10-4-2-3-9(7-13)12(10)14/h2-4,8,15H,5-6,14H2,1H3. The second kappa shape index (κ2) is 5.19. The monoisotopic (exact) mass is 242 g/mol. The van der Waals surface area contributed by atoms with E-state index in [1.807, 2.05) is 13.1 Å². The van der Waals surface area contributed by atoms with Gasteiger partial charge < -0.3 is 11.1 Å². The van der Waals surface area contributed by atoms with Crippen LogP contribution in [0, 0.1) is 11.3 Å². The van der Waals surface area contributed by atoms with Gasteiger partial charge >= 0.3 is 0 Å². The molecule has 0 fully saturated rings. The van der Waals surface area contributed by atoms with Crippen LogP contribution in [0.1, 0.15) is 11.4 Å². The predicted octanol–water partition coefficient (Wildman–Crippen LogP) is 0.924. The molecule has 0 atom stereocenters. The van der Waals surface area contributed by atoms with Gasteiger partial charge in [0.15, 0.2) is 5.82 Å². The maximum Gasteiger partial charge on any atom is 0.152 e. The van der Waals surface area contributed by atoms with Gasteiger partial charge in [0.1, 0.15) is 12.4 Å². The first kappa shape index (κ1) is 11.9. The Morgan fingerprint density at radius 1 is 1.50 bits per heavy atom. The molecule has 0 spiro atoms. The Labute approximate surface area is 105 Å². The Hall–Kier alpha value is -2.55. The molecular formula is C12H14N6. The normalized spacial score (nSPS) is 10.0. The molecular weight excluding hydrogens is 228 g/mol. The summed E-state index contributed by atoms with van der Waals surface area (Å²) in [6.07, 6.45) is 2.37. The number of nitrogens with two attached hydrogens (primary N) is 1. The Balaban J connectivity index is 1.97. The van der Waals surface area contributed by atoms with E-state index < -0.39 is 0 Å². The number of rotatable bonds is 4. The molecule has 0 aliphatic carbocycles. The van der Waals surface area contributed by atoms with E-state index in [0.29, 0.717) is 24.2 Å². The van der Waals surface area contributed by atoms with Gasteiger partial charge in [0.25, 0.3) is 0 Å². The third-order valence-corrected chi connectivity index (χ3v) is 2.54. The summed E-state index contributed by atoms with van der Waals surface area (Å²) in [7, 11) is 1.83. The van der Waals surface area contributed by atoms with E-state index in [1.165, 1.54) is 0 Å². The summed E-state index contributed by atoms with van der Waals surface area (Å²) in [4.78, 5) is 4.13. The number of hydrogen-bond acceptors (Lipinski definition) is 5. The van der Waals surface area contributed by atoms with Crippen LogP contribution in [-0.4, -0.2) is 21.3 Å². The van der Waals surface area contributed by atoms with Crippen LogP contribution < -0.4 is 11.1 Å². The summed E-state index contributed by atoms with van der Waals surface area (Å²) in [6, 6.07) is 7.40. The van der Waals surface area contributed by atoms with Crippen molar-refractivity contribution < 1.29 is 0 Å². The van der Waals surface area contributed by atoms with E-state index in [4.69, 9.17) is 11.0 Å². The minimum Gasteiger partial charge on any atom is -0.396 e. The summed E-state index contributed by atoms with van der Waals surface area (Å²) in [5.74, 6) is 0.778. The fourth-order valence-corrected chi connectivity index (χ4v) is 1.62. The quantitative estimate of drug-likeness (QED) is 0.778. The fourth-order valence-electron chi connectivity index (χ4n) is 1.62.